The first-order valence-corrected chi connectivity index (χ1v) is 14.8. The summed E-state index contributed by atoms with van der Waals surface area (Å²) in [7, 11) is 3.45. The molecule has 0 aliphatic heterocycles. The molecule has 1 aromatic carbocycles. The number of carbonyl (C=O) groups excluding carboxylic acids is 1. The van der Waals surface area contributed by atoms with Gasteiger partial charge in [-0.25, -0.2) is 0 Å². The molecule has 0 bridgehead atoms. The van der Waals surface area contributed by atoms with E-state index in [1.165, 1.54) is 0 Å². The van der Waals surface area contributed by atoms with Crippen LogP contribution in [-0.4, -0.2) is 53.1 Å². The monoisotopic (exact) mass is 627 g/mol. The summed E-state index contributed by atoms with van der Waals surface area (Å²) in [5.74, 6) is 0.702. The number of carboxylic acid groups (broad SMARTS) is 1. The SMILES string of the molecule is C#C/C(C)=C\C(=C/C[C@H](CC(=O)O)NC(=O)C(CC(C)C)n1cc(CCN(C)C)c(C(F)(F)F)cc1=O)c1c(C)cccc1C. The van der Waals surface area contributed by atoms with Gasteiger partial charge in [0.1, 0.15) is 6.04 Å². The van der Waals surface area contributed by atoms with Crippen molar-refractivity contribution in [3.8, 4) is 12.3 Å². The van der Waals surface area contributed by atoms with Crippen LogP contribution in [0.4, 0.5) is 13.2 Å². The zero-order valence-electron chi connectivity index (χ0n) is 27.1. The number of alkyl halides is 3. The second-order valence-electron chi connectivity index (χ2n) is 12.1. The highest BCUT2D eigenvalue weighted by atomic mass is 19.4. The summed E-state index contributed by atoms with van der Waals surface area (Å²) in [6, 6.07) is 4.36. The fourth-order valence-electron chi connectivity index (χ4n) is 5.18. The Kier molecular flexibility index (Phi) is 13.4. The maximum Gasteiger partial charge on any atom is 0.416 e. The second kappa shape index (κ2) is 16.3. The molecule has 0 saturated heterocycles. The van der Waals surface area contributed by atoms with Gasteiger partial charge in [-0.05, 0) is 99.5 Å². The lowest BCUT2D eigenvalue weighted by atomic mass is 9.92. The van der Waals surface area contributed by atoms with E-state index in [-0.39, 0.29) is 30.7 Å². The van der Waals surface area contributed by atoms with Gasteiger partial charge in [0.25, 0.3) is 5.56 Å². The smallest absolute Gasteiger partial charge is 0.416 e. The van der Waals surface area contributed by atoms with Crippen molar-refractivity contribution >= 4 is 17.4 Å². The molecule has 0 aliphatic carbocycles. The number of amides is 1. The molecule has 10 heteroatoms. The molecule has 0 saturated carbocycles. The third-order valence-electron chi connectivity index (χ3n) is 7.39. The Labute approximate surface area is 263 Å². The number of aliphatic carboxylic acids is 1. The lowest BCUT2D eigenvalue weighted by molar-refractivity contribution is -0.139. The number of carboxylic acids is 1. The topological polar surface area (TPSA) is 91.6 Å². The van der Waals surface area contributed by atoms with Gasteiger partial charge in [-0.3, -0.25) is 14.4 Å². The van der Waals surface area contributed by atoms with Crippen LogP contribution in [0.5, 0.6) is 0 Å². The number of hydrogen-bond donors (Lipinski definition) is 2. The first-order valence-electron chi connectivity index (χ1n) is 14.8. The first kappa shape index (κ1) is 37.1. The standard InChI is InChI=1S/C35H44F3N3O4/c1-9-23(4)18-26(33-24(5)11-10-12-25(33)6)13-14-28(19-32(43)44)39-34(45)30(17-22(2)3)41-21-27(15-16-40(7)8)29(20-31(41)42)35(36,37)38/h1,10-13,18,20-22,28,30H,14-17,19H2,2-8H3,(H,39,45)(H,43,44)/b23-18-,26-13+/t28-,30?/m1/s1. The summed E-state index contributed by atoms with van der Waals surface area (Å²) in [6.45, 7) is 9.65. The Hall–Kier alpha value is -4.10. The van der Waals surface area contributed by atoms with Gasteiger partial charge < -0.3 is 19.9 Å². The zero-order valence-corrected chi connectivity index (χ0v) is 27.1. The molecule has 1 amide bonds. The third-order valence-corrected chi connectivity index (χ3v) is 7.39. The lowest BCUT2D eigenvalue weighted by Gasteiger charge is -2.26. The predicted molar refractivity (Wildman–Crippen MR) is 172 cm³/mol. The zero-order chi connectivity index (χ0) is 34.1. The second-order valence-corrected chi connectivity index (χ2v) is 12.1. The molecule has 2 rings (SSSR count). The molecular weight excluding hydrogens is 583 g/mol. The molecule has 1 heterocycles. The van der Waals surface area contributed by atoms with E-state index in [9.17, 15) is 32.7 Å². The number of aryl methyl sites for hydroxylation is 2. The Bertz CT molecular complexity index is 1510. The van der Waals surface area contributed by atoms with Crippen LogP contribution in [0.2, 0.25) is 0 Å². The molecule has 0 aliphatic rings. The van der Waals surface area contributed by atoms with Gasteiger partial charge in [-0.1, -0.05) is 44.0 Å². The van der Waals surface area contributed by atoms with Crippen molar-refractivity contribution < 1.29 is 27.9 Å². The highest BCUT2D eigenvalue weighted by molar-refractivity contribution is 5.82. The number of nitrogens with zero attached hydrogens (tertiary/aromatic N) is 2. The number of hydrogen-bond acceptors (Lipinski definition) is 4. The normalized spacial score (nSPS) is 13.9. The Balaban J connectivity index is 2.58. The van der Waals surface area contributed by atoms with Crippen LogP contribution in [0.3, 0.4) is 0 Å². The summed E-state index contributed by atoms with van der Waals surface area (Å²) >= 11 is 0. The van der Waals surface area contributed by atoms with Crippen LogP contribution in [0.25, 0.3) is 5.57 Å². The molecule has 0 spiro atoms. The molecular formula is C35H44F3N3O4. The molecule has 2 N–H and O–H groups in total. The van der Waals surface area contributed by atoms with Crippen molar-refractivity contribution in [1.82, 2.24) is 14.8 Å². The van der Waals surface area contributed by atoms with Crippen molar-refractivity contribution in [3.05, 3.63) is 86.4 Å². The highest BCUT2D eigenvalue weighted by Crippen LogP contribution is 2.32. The quantitative estimate of drug-likeness (QED) is 0.193. The van der Waals surface area contributed by atoms with Gasteiger partial charge in [0.05, 0.1) is 12.0 Å². The Morgan fingerprint density at radius 3 is 2.31 bits per heavy atom. The average molecular weight is 628 g/mol. The van der Waals surface area contributed by atoms with Gasteiger partial charge in [0, 0.05) is 24.8 Å². The van der Waals surface area contributed by atoms with E-state index in [0.717, 1.165) is 33.0 Å². The molecule has 0 radical (unpaired) electrons. The van der Waals surface area contributed by atoms with Crippen LogP contribution in [0.1, 0.15) is 73.9 Å². The van der Waals surface area contributed by atoms with Crippen LogP contribution in [-0.2, 0) is 22.2 Å². The fraction of sp³-hybridized carbons (Fsp3) is 0.457. The molecule has 45 heavy (non-hydrogen) atoms. The summed E-state index contributed by atoms with van der Waals surface area (Å²) in [4.78, 5) is 40.4. The van der Waals surface area contributed by atoms with Gasteiger partial charge in [0.2, 0.25) is 5.91 Å². The van der Waals surface area contributed by atoms with Gasteiger partial charge in [-0.15, -0.1) is 6.42 Å². The largest absolute Gasteiger partial charge is 0.481 e. The predicted octanol–water partition coefficient (Wildman–Crippen LogP) is 6.19. The van der Waals surface area contributed by atoms with E-state index in [2.05, 4.69) is 11.2 Å². The molecule has 1 unspecified atom stereocenters. The molecule has 1 aromatic heterocycles. The number of aromatic nitrogens is 1. The summed E-state index contributed by atoms with van der Waals surface area (Å²) in [5, 5.41) is 12.4. The first-order chi connectivity index (χ1) is 20.9. The number of benzene rings is 1. The van der Waals surface area contributed by atoms with Crippen LogP contribution in [0.15, 0.2) is 53.0 Å². The molecule has 2 aromatic rings. The van der Waals surface area contributed by atoms with Gasteiger partial charge >= 0.3 is 12.1 Å². The number of halogens is 3. The Morgan fingerprint density at radius 2 is 1.80 bits per heavy atom. The minimum atomic E-state index is -4.74. The maximum absolute atomic E-state index is 13.9. The summed E-state index contributed by atoms with van der Waals surface area (Å²) in [6.07, 6.45) is 5.51. The number of rotatable bonds is 14. The van der Waals surface area contributed by atoms with Crippen LogP contribution >= 0.6 is 0 Å². The Morgan fingerprint density at radius 1 is 1.18 bits per heavy atom. The van der Waals surface area contributed by atoms with Crippen LogP contribution in [0, 0.1) is 32.1 Å². The lowest BCUT2D eigenvalue weighted by Crippen LogP contribution is -2.43. The summed E-state index contributed by atoms with van der Waals surface area (Å²) in [5.41, 5.74) is 2.26. The highest BCUT2D eigenvalue weighted by Gasteiger charge is 2.35. The van der Waals surface area contributed by atoms with Crippen molar-refractivity contribution in [2.75, 3.05) is 20.6 Å². The van der Waals surface area contributed by atoms with Gasteiger partial charge in [-0.2, -0.15) is 13.2 Å². The summed E-state index contributed by atoms with van der Waals surface area (Å²) < 4.78 is 42.6. The van der Waals surface area contributed by atoms with Crippen molar-refractivity contribution in [2.45, 2.75) is 78.6 Å². The van der Waals surface area contributed by atoms with Crippen molar-refractivity contribution in [2.24, 2.45) is 5.92 Å². The maximum atomic E-state index is 13.9. The number of pyridine rings is 1. The molecule has 2 atom stereocenters. The minimum absolute atomic E-state index is 0.0102. The van der Waals surface area contributed by atoms with E-state index >= 15 is 0 Å². The number of terminal acetylenes is 1. The number of nitrogens with one attached hydrogen (secondary N) is 1. The number of carbonyl (C=O) groups is 2. The fourth-order valence-corrected chi connectivity index (χ4v) is 5.18. The van der Waals surface area contributed by atoms with E-state index in [4.69, 9.17) is 6.42 Å². The molecule has 7 nitrogen and oxygen atoms in total. The van der Waals surface area contributed by atoms with Crippen LogP contribution < -0.4 is 10.9 Å². The van der Waals surface area contributed by atoms with Gasteiger partial charge in [0.15, 0.2) is 0 Å². The number of allylic oxidation sites excluding steroid dienone is 3. The minimum Gasteiger partial charge on any atom is -0.481 e. The van der Waals surface area contributed by atoms with Crippen molar-refractivity contribution in [1.29, 1.82) is 0 Å². The van der Waals surface area contributed by atoms with E-state index in [1.807, 2.05) is 58.0 Å². The van der Waals surface area contributed by atoms with E-state index in [0.29, 0.717) is 18.2 Å². The third kappa shape index (κ3) is 11.1. The molecule has 244 valence electrons. The molecule has 0 fully saturated rings. The van der Waals surface area contributed by atoms with E-state index < -0.39 is 47.7 Å². The van der Waals surface area contributed by atoms with E-state index in [1.54, 1.807) is 25.9 Å². The van der Waals surface area contributed by atoms with Crippen molar-refractivity contribution in [3.63, 3.8) is 0 Å². The average Bonchev–Trinajstić information content (AvgIpc) is 2.92. The number of likely N-dealkylation sites (N-methyl/N-ethyl adjacent to an activating group) is 1.